The Morgan fingerprint density at radius 1 is 1.08 bits per heavy atom. The van der Waals surface area contributed by atoms with Crippen molar-refractivity contribution in [3.8, 4) is 0 Å². The number of benzene rings is 2. The van der Waals surface area contributed by atoms with Gasteiger partial charge < -0.3 is 16.0 Å². The van der Waals surface area contributed by atoms with Gasteiger partial charge in [-0.2, -0.15) is 0 Å². The summed E-state index contributed by atoms with van der Waals surface area (Å²) < 4.78 is 27.7. The maximum absolute atomic E-state index is 12.6. The second-order valence-electron chi connectivity index (χ2n) is 5.47. The van der Waals surface area contributed by atoms with Gasteiger partial charge >= 0.3 is 0 Å². The van der Waals surface area contributed by atoms with Crippen LogP contribution in [0.1, 0.15) is 0 Å². The molecule has 130 valence electrons. The first-order chi connectivity index (χ1) is 11.4. The number of rotatable bonds is 7. The second-order valence-corrected chi connectivity index (χ2v) is 7.21. The minimum atomic E-state index is -3.69. The number of sulfonamides is 1. The summed E-state index contributed by atoms with van der Waals surface area (Å²) in [6.45, 7) is 0.157. The van der Waals surface area contributed by atoms with Gasteiger partial charge in [0.2, 0.25) is 15.9 Å². The Morgan fingerprint density at radius 2 is 1.75 bits per heavy atom. The number of anilines is 1. The smallest absolute Gasteiger partial charge is 0.241 e. The summed E-state index contributed by atoms with van der Waals surface area (Å²) in [7, 11) is 0.137. The number of nitrogens with one attached hydrogen (secondary N) is 2. The molecule has 0 unspecified atom stereocenters. The third kappa shape index (κ3) is 4.02. The van der Waals surface area contributed by atoms with E-state index in [4.69, 9.17) is 5.73 Å². The molecule has 2 aromatic carbocycles. The van der Waals surface area contributed by atoms with Crippen LogP contribution in [0.3, 0.4) is 0 Å². The van der Waals surface area contributed by atoms with E-state index >= 15 is 0 Å². The minimum Gasteiger partial charge on any atom is -0.377 e. The summed E-state index contributed by atoms with van der Waals surface area (Å²) in [6, 6.07) is 10.7. The molecular weight excluding hydrogens is 328 g/mol. The van der Waals surface area contributed by atoms with Crippen molar-refractivity contribution in [3.63, 3.8) is 0 Å². The van der Waals surface area contributed by atoms with Crippen LogP contribution in [0.15, 0.2) is 41.3 Å². The van der Waals surface area contributed by atoms with Crippen LogP contribution in [0, 0.1) is 0 Å². The summed E-state index contributed by atoms with van der Waals surface area (Å²) in [5, 5.41) is 4.04. The van der Waals surface area contributed by atoms with Gasteiger partial charge in [-0.1, -0.05) is 24.3 Å². The van der Waals surface area contributed by atoms with Crippen LogP contribution < -0.4 is 20.7 Å². The van der Waals surface area contributed by atoms with Crippen molar-refractivity contribution in [2.24, 2.45) is 5.73 Å². The predicted octanol–water partition coefficient (Wildman–Crippen LogP) is 0.259. The van der Waals surface area contributed by atoms with Crippen molar-refractivity contribution in [1.29, 1.82) is 0 Å². The number of fused-ring (bicyclic) bond motifs is 1. The fourth-order valence-electron chi connectivity index (χ4n) is 2.43. The fraction of sp³-hybridized carbons (Fsp3) is 0.312. The van der Waals surface area contributed by atoms with Crippen LogP contribution in [-0.2, 0) is 14.8 Å². The molecule has 0 aliphatic rings. The number of nitrogens with zero attached hydrogens (tertiary/aromatic N) is 1. The van der Waals surface area contributed by atoms with E-state index < -0.39 is 10.0 Å². The van der Waals surface area contributed by atoms with Gasteiger partial charge in [0.05, 0.1) is 11.4 Å². The lowest BCUT2D eigenvalue weighted by molar-refractivity contribution is -0.119. The number of amides is 1. The van der Waals surface area contributed by atoms with E-state index in [2.05, 4.69) is 10.0 Å². The van der Waals surface area contributed by atoms with Crippen LogP contribution in [0.2, 0.25) is 0 Å². The van der Waals surface area contributed by atoms with E-state index in [0.29, 0.717) is 5.39 Å². The van der Waals surface area contributed by atoms with Crippen molar-refractivity contribution in [1.82, 2.24) is 10.0 Å². The molecule has 0 bridgehead atoms. The SMILES string of the molecule is CN(C)c1cccc2c(S(=O)(=O)NCCNC(=O)CN)cccc12. The Morgan fingerprint density at radius 3 is 2.42 bits per heavy atom. The molecule has 2 rings (SSSR count). The molecule has 0 atom stereocenters. The molecule has 0 fully saturated rings. The Balaban J connectivity index is 2.27. The van der Waals surface area contributed by atoms with E-state index in [1.807, 2.05) is 37.2 Å². The van der Waals surface area contributed by atoms with E-state index in [0.717, 1.165) is 11.1 Å². The van der Waals surface area contributed by atoms with E-state index in [-0.39, 0.29) is 30.4 Å². The second kappa shape index (κ2) is 7.61. The van der Waals surface area contributed by atoms with Gasteiger partial charge in [0.15, 0.2) is 0 Å². The van der Waals surface area contributed by atoms with Gasteiger partial charge in [0, 0.05) is 43.6 Å². The highest BCUT2D eigenvalue weighted by atomic mass is 32.2. The van der Waals surface area contributed by atoms with Crippen LogP contribution in [0.4, 0.5) is 5.69 Å². The standard InChI is InChI=1S/C16H22N4O3S/c1-20(2)14-7-3-6-13-12(14)5-4-8-15(13)24(22,23)19-10-9-18-16(21)11-17/h3-8,19H,9-11,17H2,1-2H3,(H,18,21). The Kier molecular flexibility index (Phi) is 5.76. The summed E-state index contributed by atoms with van der Waals surface area (Å²) in [5.74, 6) is -0.324. The van der Waals surface area contributed by atoms with Gasteiger partial charge in [0.25, 0.3) is 0 Å². The lowest BCUT2D eigenvalue weighted by Crippen LogP contribution is -2.37. The summed E-state index contributed by atoms with van der Waals surface area (Å²) in [5.41, 5.74) is 6.12. The molecule has 7 nitrogen and oxygen atoms in total. The van der Waals surface area contributed by atoms with Crippen molar-refractivity contribution in [2.75, 3.05) is 38.6 Å². The first-order valence-electron chi connectivity index (χ1n) is 7.52. The molecule has 0 radical (unpaired) electrons. The van der Waals surface area contributed by atoms with Gasteiger partial charge in [-0.3, -0.25) is 4.79 Å². The molecule has 4 N–H and O–H groups in total. The Hall–Kier alpha value is -2.16. The minimum absolute atomic E-state index is 0.0951. The fourth-order valence-corrected chi connectivity index (χ4v) is 3.68. The number of carbonyl (C=O) groups excluding carboxylic acids is 1. The van der Waals surface area contributed by atoms with Gasteiger partial charge in [-0.25, -0.2) is 13.1 Å². The molecule has 0 heterocycles. The first-order valence-corrected chi connectivity index (χ1v) is 9.00. The summed E-state index contributed by atoms with van der Waals surface area (Å²) >= 11 is 0. The molecule has 1 amide bonds. The molecule has 2 aromatic rings. The van der Waals surface area contributed by atoms with Crippen LogP contribution in [-0.4, -0.2) is 48.1 Å². The number of hydrogen-bond acceptors (Lipinski definition) is 5. The first kappa shape index (κ1) is 18.2. The molecule has 8 heteroatoms. The van der Waals surface area contributed by atoms with Crippen LogP contribution in [0.5, 0.6) is 0 Å². The number of hydrogen-bond donors (Lipinski definition) is 3. The highest BCUT2D eigenvalue weighted by molar-refractivity contribution is 7.89. The quantitative estimate of drug-likeness (QED) is 0.621. The highest BCUT2D eigenvalue weighted by Gasteiger charge is 2.18. The van der Waals surface area contributed by atoms with Gasteiger partial charge in [-0.05, 0) is 12.1 Å². The number of carbonyl (C=O) groups is 1. The average molecular weight is 350 g/mol. The molecule has 0 spiro atoms. The van der Waals surface area contributed by atoms with Crippen molar-refractivity contribution in [2.45, 2.75) is 4.90 Å². The summed E-state index contributed by atoms with van der Waals surface area (Å²) in [4.78, 5) is 13.2. The monoisotopic (exact) mass is 350 g/mol. The van der Waals surface area contributed by atoms with Crippen molar-refractivity contribution in [3.05, 3.63) is 36.4 Å². The molecule has 0 saturated carbocycles. The Bertz CT molecular complexity index is 834. The van der Waals surface area contributed by atoms with Gasteiger partial charge in [0.1, 0.15) is 0 Å². The third-order valence-electron chi connectivity index (χ3n) is 3.56. The number of nitrogens with two attached hydrogens (primary N) is 1. The lowest BCUT2D eigenvalue weighted by atomic mass is 10.1. The van der Waals surface area contributed by atoms with Crippen LogP contribution in [0.25, 0.3) is 10.8 Å². The highest BCUT2D eigenvalue weighted by Crippen LogP contribution is 2.29. The zero-order chi connectivity index (χ0) is 17.7. The average Bonchev–Trinajstić information content (AvgIpc) is 2.57. The molecule has 0 aliphatic heterocycles. The lowest BCUT2D eigenvalue weighted by Gasteiger charge is -2.17. The van der Waals surface area contributed by atoms with E-state index in [1.54, 1.807) is 18.2 Å². The predicted molar refractivity (Wildman–Crippen MR) is 95.5 cm³/mol. The molecule has 0 aliphatic carbocycles. The largest absolute Gasteiger partial charge is 0.377 e. The molecule has 0 aromatic heterocycles. The van der Waals surface area contributed by atoms with E-state index in [9.17, 15) is 13.2 Å². The van der Waals surface area contributed by atoms with Crippen LogP contribution >= 0.6 is 0 Å². The zero-order valence-corrected chi connectivity index (χ0v) is 14.6. The Labute approximate surface area is 141 Å². The molecule has 24 heavy (non-hydrogen) atoms. The maximum Gasteiger partial charge on any atom is 0.241 e. The van der Waals surface area contributed by atoms with Crippen molar-refractivity contribution < 1.29 is 13.2 Å². The van der Waals surface area contributed by atoms with Crippen molar-refractivity contribution >= 4 is 32.4 Å². The van der Waals surface area contributed by atoms with E-state index in [1.165, 1.54) is 0 Å². The normalized spacial score (nSPS) is 11.5. The zero-order valence-electron chi connectivity index (χ0n) is 13.7. The maximum atomic E-state index is 12.6. The molecule has 0 saturated heterocycles. The van der Waals surface area contributed by atoms with Gasteiger partial charge in [-0.15, -0.1) is 0 Å². The summed E-state index contributed by atoms with van der Waals surface area (Å²) in [6.07, 6.45) is 0. The third-order valence-corrected chi connectivity index (χ3v) is 5.07. The molecular formula is C16H22N4O3S. The topological polar surface area (TPSA) is 105 Å².